The van der Waals surface area contributed by atoms with Crippen LogP contribution in [0.3, 0.4) is 0 Å². The molecule has 0 bridgehead atoms. The van der Waals surface area contributed by atoms with Crippen LogP contribution in [0.15, 0.2) is 0 Å². The molecule has 0 radical (unpaired) electrons. The average Bonchev–Trinajstić information content (AvgIpc) is 2.18. The van der Waals surface area contributed by atoms with Gasteiger partial charge in [-0.05, 0) is 6.42 Å². The van der Waals surface area contributed by atoms with E-state index in [-0.39, 0.29) is 12.9 Å². The normalized spacial score (nSPS) is 8.13. The molecule has 0 heterocycles. The lowest BCUT2D eigenvalue weighted by Crippen LogP contribution is -2.09. The fourth-order valence-electron chi connectivity index (χ4n) is 0.468. The Kier molecular flexibility index (Phi) is 10.9. The Morgan fingerprint density at radius 1 is 1.27 bits per heavy atom. The number of hydrogen-bond acceptors (Lipinski definition) is 5. The third-order valence-corrected chi connectivity index (χ3v) is 1.19. The van der Waals surface area contributed by atoms with E-state index in [1.54, 1.807) is 0 Å². The minimum atomic E-state index is -1.34. The summed E-state index contributed by atoms with van der Waals surface area (Å²) in [6, 6.07) is 0. The molecule has 0 spiro atoms. The molecule has 0 aliphatic heterocycles. The summed E-state index contributed by atoms with van der Waals surface area (Å²) in [5, 5.41) is 7.83. The fraction of sp³-hybridized carbons (Fsp3) is 0.556. The summed E-state index contributed by atoms with van der Waals surface area (Å²) in [5.74, 6) is -2.54. The number of aliphatic carboxylic acids is 1. The van der Waals surface area contributed by atoms with E-state index in [0.717, 1.165) is 0 Å². The Balaban J connectivity index is 0. The Bertz CT molecular complexity index is 233. The van der Waals surface area contributed by atoms with Gasteiger partial charge < -0.3 is 9.84 Å². The van der Waals surface area contributed by atoms with Crippen molar-refractivity contribution in [2.75, 3.05) is 0 Å². The minimum absolute atomic E-state index is 0.0787. The lowest BCUT2D eigenvalue weighted by Gasteiger charge is -1.89. The Morgan fingerprint density at radius 3 is 2.00 bits per heavy atom. The monoisotopic (exact) mass is 218 g/mol. The molecular weight excluding hydrogens is 204 g/mol. The Hall–Kier alpha value is -1.72. The predicted octanol–water partition coefficient (Wildman–Crippen LogP) is 0.536. The first-order chi connectivity index (χ1) is 6.99. The summed E-state index contributed by atoms with van der Waals surface area (Å²) in [5.41, 5.74) is 0. The van der Waals surface area contributed by atoms with Crippen molar-refractivity contribution in [3.63, 3.8) is 0 Å². The molecule has 0 saturated heterocycles. The van der Waals surface area contributed by atoms with Gasteiger partial charge in [0.25, 0.3) is 0 Å². The van der Waals surface area contributed by atoms with Crippen molar-refractivity contribution in [1.82, 2.24) is 0 Å². The maximum Gasteiger partial charge on any atom is 0.372 e. The SMILES string of the molecule is CCC(=O)C(=O)O.CCCC(=O)OC=O. The molecule has 0 saturated carbocycles. The van der Waals surface area contributed by atoms with Gasteiger partial charge in [0.2, 0.25) is 5.78 Å². The molecule has 1 N–H and O–H groups in total. The van der Waals surface area contributed by atoms with Gasteiger partial charge in [0.05, 0.1) is 0 Å². The minimum Gasteiger partial charge on any atom is -0.476 e. The first-order valence-electron chi connectivity index (χ1n) is 4.38. The van der Waals surface area contributed by atoms with Crippen molar-refractivity contribution < 1.29 is 29.0 Å². The molecule has 15 heavy (non-hydrogen) atoms. The predicted molar refractivity (Wildman–Crippen MR) is 50.0 cm³/mol. The first kappa shape index (κ1) is 15.7. The zero-order valence-corrected chi connectivity index (χ0v) is 8.69. The van der Waals surface area contributed by atoms with Crippen LogP contribution < -0.4 is 0 Å². The van der Waals surface area contributed by atoms with Crippen LogP contribution >= 0.6 is 0 Å². The number of Topliss-reactive ketones (excluding diaryl/α,β-unsaturated/α-hetero) is 1. The van der Waals surface area contributed by atoms with E-state index < -0.39 is 17.7 Å². The maximum atomic E-state index is 10.2. The van der Waals surface area contributed by atoms with Crippen LogP contribution in [0, 0.1) is 0 Å². The van der Waals surface area contributed by atoms with Gasteiger partial charge in [-0.1, -0.05) is 13.8 Å². The van der Waals surface area contributed by atoms with Gasteiger partial charge >= 0.3 is 18.4 Å². The molecule has 6 nitrogen and oxygen atoms in total. The van der Waals surface area contributed by atoms with Crippen LogP contribution in [-0.2, 0) is 23.9 Å². The van der Waals surface area contributed by atoms with Gasteiger partial charge in [0.15, 0.2) is 0 Å². The number of ketones is 1. The summed E-state index contributed by atoms with van der Waals surface area (Å²) in [6.07, 6.45) is 1.11. The molecular formula is C9H14O6. The fourth-order valence-corrected chi connectivity index (χ4v) is 0.468. The van der Waals surface area contributed by atoms with Crippen LogP contribution in [0.4, 0.5) is 0 Å². The number of ether oxygens (including phenoxy) is 1. The van der Waals surface area contributed by atoms with Gasteiger partial charge in [0, 0.05) is 12.8 Å². The lowest BCUT2D eigenvalue weighted by atomic mass is 10.3. The Morgan fingerprint density at radius 2 is 1.80 bits per heavy atom. The molecule has 0 aromatic heterocycles. The second-order valence-electron chi connectivity index (χ2n) is 2.42. The Labute approximate surface area is 87.2 Å². The highest BCUT2D eigenvalue weighted by Gasteiger charge is 2.05. The number of carboxylic acids is 1. The van der Waals surface area contributed by atoms with Crippen molar-refractivity contribution >= 4 is 24.2 Å². The summed E-state index contributed by atoms with van der Waals surface area (Å²) in [6.45, 7) is 3.50. The van der Waals surface area contributed by atoms with Crippen molar-refractivity contribution in [3.05, 3.63) is 0 Å². The number of carbonyl (C=O) groups is 4. The van der Waals surface area contributed by atoms with Crippen molar-refractivity contribution in [2.45, 2.75) is 33.1 Å². The molecule has 86 valence electrons. The molecule has 0 aromatic carbocycles. The highest BCUT2D eigenvalue weighted by molar-refractivity contribution is 6.32. The van der Waals surface area contributed by atoms with Crippen molar-refractivity contribution in [3.8, 4) is 0 Å². The van der Waals surface area contributed by atoms with Gasteiger partial charge in [-0.25, -0.2) is 4.79 Å². The standard InChI is InChI=1S/C5H8O3.C4H6O3/c1-2-3-5(7)8-4-6;1-2-3(5)4(6)7/h4H,2-3H2,1H3;2H2,1H3,(H,6,7). The van der Waals surface area contributed by atoms with Gasteiger partial charge in [0.1, 0.15) is 0 Å². The van der Waals surface area contributed by atoms with E-state index >= 15 is 0 Å². The number of esters is 1. The lowest BCUT2D eigenvalue weighted by molar-refractivity contribution is -0.151. The van der Waals surface area contributed by atoms with Crippen LogP contribution in [0.1, 0.15) is 33.1 Å². The molecule has 0 aliphatic carbocycles. The van der Waals surface area contributed by atoms with E-state index in [1.165, 1.54) is 6.92 Å². The number of hydrogen-bond donors (Lipinski definition) is 1. The molecule has 0 rings (SSSR count). The first-order valence-corrected chi connectivity index (χ1v) is 4.38. The molecule has 0 unspecified atom stereocenters. The van der Waals surface area contributed by atoms with E-state index in [4.69, 9.17) is 5.11 Å². The number of rotatable bonds is 5. The van der Waals surface area contributed by atoms with Gasteiger partial charge in [-0.3, -0.25) is 14.4 Å². The van der Waals surface area contributed by atoms with E-state index in [1.807, 2.05) is 6.92 Å². The summed E-state index contributed by atoms with van der Waals surface area (Å²) >= 11 is 0. The van der Waals surface area contributed by atoms with Gasteiger partial charge in [-0.2, -0.15) is 0 Å². The zero-order valence-electron chi connectivity index (χ0n) is 8.69. The second-order valence-corrected chi connectivity index (χ2v) is 2.42. The van der Waals surface area contributed by atoms with Crippen LogP contribution in [0.5, 0.6) is 0 Å². The average molecular weight is 218 g/mol. The van der Waals surface area contributed by atoms with Crippen LogP contribution in [0.25, 0.3) is 0 Å². The summed E-state index contributed by atoms with van der Waals surface area (Å²) in [4.78, 5) is 39.1. The van der Waals surface area contributed by atoms with Crippen molar-refractivity contribution in [1.29, 1.82) is 0 Å². The van der Waals surface area contributed by atoms with Gasteiger partial charge in [-0.15, -0.1) is 0 Å². The summed E-state index contributed by atoms with van der Waals surface area (Å²) in [7, 11) is 0. The largest absolute Gasteiger partial charge is 0.476 e. The topological polar surface area (TPSA) is 97.7 Å². The number of carbonyl (C=O) groups excluding carboxylic acids is 3. The quantitative estimate of drug-likeness (QED) is 0.313. The molecule has 6 heteroatoms. The maximum absolute atomic E-state index is 10.2. The highest BCUT2D eigenvalue weighted by atomic mass is 16.6. The van der Waals surface area contributed by atoms with E-state index in [2.05, 4.69) is 4.74 Å². The molecule has 0 atom stereocenters. The molecule has 0 aromatic rings. The molecule has 0 aliphatic rings. The van der Waals surface area contributed by atoms with Crippen LogP contribution in [0.2, 0.25) is 0 Å². The zero-order chi connectivity index (χ0) is 12.3. The van der Waals surface area contributed by atoms with E-state index in [0.29, 0.717) is 12.8 Å². The number of carboxylic acid groups (broad SMARTS) is 1. The molecule has 0 amide bonds. The third-order valence-electron chi connectivity index (χ3n) is 1.19. The highest BCUT2D eigenvalue weighted by Crippen LogP contribution is 1.87. The second kappa shape index (κ2) is 10.4. The molecule has 0 fully saturated rings. The summed E-state index contributed by atoms with van der Waals surface area (Å²) < 4.78 is 3.96. The van der Waals surface area contributed by atoms with E-state index in [9.17, 15) is 19.2 Å². The third kappa shape index (κ3) is 12.3. The smallest absolute Gasteiger partial charge is 0.372 e. The van der Waals surface area contributed by atoms with Crippen molar-refractivity contribution in [2.24, 2.45) is 0 Å². The van der Waals surface area contributed by atoms with Crippen LogP contribution in [-0.4, -0.2) is 29.3 Å².